The van der Waals surface area contributed by atoms with Crippen molar-refractivity contribution < 1.29 is 34.8 Å². The zero-order valence-corrected chi connectivity index (χ0v) is 20.6. The fourth-order valence-electron chi connectivity index (χ4n) is 5.07. The van der Waals surface area contributed by atoms with E-state index in [4.69, 9.17) is 20.4 Å². The van der Waals surface area contributed by atoms with Crippen molar-refractivity contribution in [2.75, 3.05) is 26.7 Å². The number of carbonyl (C=O) groups excluding carboxylic acids is 1. The number of nitrogens with zero attached hydrogens (tertiary/aromatic N) is 2. The van der Waals surface area contributed by atoms with Gasteiger partial charge in [0.2, 0.25) is 0 Å². The molecule has 5 atom stereocenters. The molecule has 0 bridgehead atoms. The number of urea groups is 1. The molecular formula is C24H35N5O7. The van der Waals surface area contributed by atoms with Gasteiger partial charge in [0.15, 0.2) is 12.2 Å². The minimum Gasteiger partial charge on any atom is -0.479 e. The fourth-order valence-corrected chi connectivity index (χ4v) is 5.07. The molecule has 1 aromatic heterocycles. The van der Waals surface area contributed by atoms with Gasteiger partial charge in [0.05, 0.1) is 0 Å². The van der Waals surface area contributed by atoms with Crippen LogP contribution in [0.25, 0.3) is 10.9 Å². The van der Waals surface area contributed by atoms with Crippen molar-refractivity contribution in [3.05, 3.63) is 35.5 Å². The highest BCUT2D eigenvalue weighted by molar-refractivity contribution is 5.88. The Morgan fingerprint density at radius 1 is 1.14 bits per heavy atom. The second kappa shape index (κ2) is 11.7. The third kappa shape index (κ3) is 5.78. The highest BCUT2D eigenvalue weighted by Crippen LogP contribution is 2.42. The Balaban J connectivity index is 0.000000308. The van der Waals surface area contributed by atoms with E-state index in [9.17, 15) is 14.4 Å². The molecule has 2 aliphatic rings. The number of hydrogen-bond acceptors (Lipinski definition) is 7. The topological polar surface area (TPSA) is 178 Å². The van der Waals surface area contributed by atoms with E-state index in [1.54, 1.807) is 4.90 Å². The summed E-state index contributed by atoms with van der Waals surface area (Å²) >= 11 is 0. The van der Waals surface area contributed by atoms with Crippen LogP contribution in [0.5, 0.6) is 0 Å². The van der Waals surface area contributed by atoms with Gasteiger partial charge in [0.1, 0.15) is 0 Å². The molecule has 0 spiro atoms. The van der Waals surface area contributed by atoms with E-state index in [1.165, 1.54) is 22.0 Å². The first-order valence-electron chi connectivity index (χ1n) is 12.0. The molecule has 2 heterocycles. The molecule has 1 saturated heterocycles. The molecule has 2 amide bonds. The van der Waals surface area contributed by atoms with Crippen LogP contribution in [0.3, 0.4) is 0 Å². The number of amides is 2. The summed E-state index contributed by atoms with van der Waals surface area (Å²) in [4.78, 5) is 39.4. The first-order valence-corrected chi connectivity index (χ1v) is 12.0. The van der Waals surface area contributed by atoms with Gasteiger partial charge >= 0.3 is 18.0 Å². The lowest BCUT2D eigenvalue weighted by atomic mass is 9.74. The molecule has 0 unspecified atom stereocenters. The van der Waals surface area contributed by atoms with E-state index in [1.807, 2.05) is 13.8 Å². The zero-order valence-electron chi connectivity index (χ0n) is 20.6. The summed E-state index contributed by atoms with van der Waals surface area (Å²) in [6, 6.07) is 7.33. The number of benzene rings is 1. The minimum atomic E-state index is -2.27. The summed E-state index contributed by atoms with van der Waals surface area (Å²) in [5.41, 5.74) is 10.3. The van der Waals surface area contributed by atoms with Crippen LogP contribution in [0, 0.1) is 0 Å². The molecule has 7 N–H and O–H groups in total. The number of aromatic amines is 1. The molecule has 1 aliphatic heterocycles. The molecule has 4 rings (SSSR count). The Hall–Kier alpha value is -3.19. The van der Waals surface area contributed by atoms with Crippen LogP contribution in [-0.4, -0.2) is 104 Å². The lowest BCUT2D eigenvalue weighted by molar-refractivity contribution is -0.165. The molecule has 12 heteroatoms. The van der Waals surface area contributed by atoms with E-state index < -0.39 is 24.1 Å². The quantitative estimate of drug-likeness (QED) is 0.261. The van der Waals surface area contributed by atoms with Gasteiger partial charge in [0.25, 0.3) is 0 Å². The van der Waals surface area contributed by atoms with Gasteiger partial charge in [-0.05, 0) is 50.9 Å². The number of H-pyrrole nitrogens is 1. The van der Waals surface area contributed by atoms with E-state index >= 15 is 0 Å². The van der Waals surface area contributed by atoms with Gasteiger partial charge in [-0.2, -0.15) is 0 Å². The number of nitrogens with one attached hydrogen (secondary N) is 3. The number of carboxylic acid groups (broad SMARTS) is 2. The molecular weight excluding hydrogens is 470 g/mol. The monoisotopic (exact) mass is 505 g/mol. The van der Waals surface area contributed by atoms with Crippen LogP contribution in [0.4, 0.5) is 4.79 Å². The summed E-state index contributed by atoms with van der Waals surface area (Å²) in [6.45, 7) is 6.38. The van der Waals surface area contributed by atoms with Crippen LogP contribution in [0.1, 0.15) is 37.3 Å². The number of aliphatic hydroxyl groups excluding tert-OH is 2. The standard InChI is InChI=1S/C20H29N5O.C4H6O6/c1-4-25(5-2)20(26)23-22-14-10-16-15-7-6-8-17-19(15)13(11-21-17)9-18(16)24(3)12-14;5-1(3(7)8)2(6)4(9)10/h6-8,11,14,16,18,21-22H,4-5,9-10,12H2,1-3H3,(H,23,26);1-2,5-6H,(H,7,8)(H,9,10)/t14-,16+,18+;1-,2-/m01/s1. The number of likely N-dealkylation sites (tertiary alicyclic amines) is 1. The summed E-state index contributed by atoms with van der Waals surface area (Å²) in [5.74, 6) is -3.05. The Labute approximate surface area is 208 Å². The third-order valence-corrected chi connectivity index (χ3v) is 6.96. The van der Waals surface area contributed by atoms with Crippen LogP contribution in [0.15, 0.2) is 24.4 Å². The van der Waals surface area contributed by atoms with Crippen LogP contribution in [-0.2, 0) is 16.0 Å². The molecule has 12 nitrogen and oxygen atoms in total. The summed E-state index contributed by atoms with van der Waals surface area (Å²) in [6.07, 6.45) is -0.226. The molecule has 1 aromatic carbocycles. The number of carboxylic acids is 2. The Kier molecular flexibility index (Phi) is 8.90. The number of aliphatic hydroxyl groups is 2. The number of aliphatic carboxylic acids is 2. The van der Waals surface area contributed by atoms with E-state index in [2.05, 4.69) is 52.2 Å². The minimum absolute atomic E-state index is 0.0431. The fraction of sp³-hybridized carbons (Fsp3) is 0.542. The molecule has 1 aliphatic carbocycles. The molecule has 198 valence electrons. The normalized spacial score (nSPS) is 22.5. The van der Waals surface area contributed by atoms with E-state index in [0.29, 0.717) is 12.0 Å². The van der Waals surface area contributed by atoms with Gasteiger partial charge in [-0.1, -0.05) is 12.1 Å². The second-order valence-corrected chi connectivity index (χ2v) is 9.15. The number of rotatable bonds is 7. The van der Waals surface area contributed by atoms with Crippen molar-refractivity contribution in [2.24, 2.45) is 0 Å². The lowest BCUT2D eigenvalue weighted by Crippen LogP contribution is -2.58. The SMILES string of the molecule is CCN(CC)C(=O)NN[C@H]1C[C@@H]2c3cccc4[nH]cc(c34)C[C@H]2N(C)C1.O=C(O)[C@H](O)[C@@H](O)C(=O)O. The average Bonchev–Trinajstić information content (AvgIpc) is 3.27. The van der Waals surface area contributed by atoms with Crippen LogP contribution < -0.4 is 10.9 Å². The first-order chi connectivity index (χ1) is 17.1. The van der Waals surface area contributed by atoms with Gasteiger partial charge < -0.3 is 35.2 Å². The lowest BCUT2D eigenvalue weighted by Gasteiger charge is -2.45. The maximum Gasteiger partial charge on any atom is 0.335 e. The highest BCUT2D eigenvalue weighted by atomic mass is 16.4. The Morgan fingerprint density at radius 2 is 1.78 bits per heavy atom. The smallest absolute Gasteiger partial charge is 0.335 e. The van der Waals surface area contributed by atoms with Crippen molar-refractivity contribution >= 4 is 28.9 Å². The number of likely N-dealkylation sites (N-methyl/N-ethyl adjacent to an activating group) is 1. The summed E-state index contributed by atoms with van der Waals surface area (Å²) in [5, 5.41) is 33.9. The second-order valence-electron chi connectivity index (χ2n) is 9.15. The van der Waals surface area contributed by atoms with E-state index in [-0.39, 0.29) is 12.1 Å². The predicted octanol–water partition coefficient (Wildman–Crippen LogP) is 0.314. The number of hydrazine groups is 1. The summed E-state index contributed by atoms with van der Waals surface area (Å²) < 4.78 is 0. The number of aromatic nitrogens is 1. The van der Waals surface area contributed by atoms with Crippen molar-refractivity contribution in [1.82, 2.24) is 25.6 Å². The van der Waals surface area contributed by atoms with Gasteiger partial charge in [-0.3, -0.25) is 5.43 Å². The van der Waals surface area contributed by atoms with Gasteiger partial charge in [-0.25, -0.2) is 19.8 Å². The number of piperidine rings is 1. The van der Waals surface area contributed by atoms with Crippen LogP contribution >= 0.6 is 0 Å². The largest absolute Gasteiger partial charge is 0.479 e. The molecule has 0 saturated carbocycles. The molecule has 0 radical (unpaired) electrons. The van der Waals surface area contributed by atoms with E-state index in [0.717, 1.165) is 32.5 Å². The van der Waals surface area contributed by atoms with Crippen molar-refractivity contribution in [1.29, 1.82) is 0 Å². The maximum absolute atomic E-state index is 12.2. The average molecular weight is 506 g/mol. The van der Waals surface area contributed by atoms with Crippen LogP contribution in [0.2, 0.25) is 0 Å². The summed E-state index contributed by atoms with van der Waals surface area (Å²) in [7, 11) is 2.20. The Bertz CT molecular complexity index is 1070. The van der Waals surface area contributed by atoms with Gasteiger partial charge in [-0.15, -0.1) is 0 Å². The maximum atomic E-state index is 12.2. The highest BCUT2D eigenvalue weighted by Gasteiger charge is 2.39. The molecule has 1 fully saturated rings. The molecule has 2 aromatic rings. The predicted molar refractivity (Wildman–Crippen MR) is 131 cm³/mol. The van der Waals surface area contributed by atoms with Crippen molar-refractivity contribution in [3.63, 3.8) is 0 Å². The van der Waals surface area contributed by atoms with Crippen molar-refractivity contribution in [2.45, 2.75) is 56.9 Å². The Morgan fingerprint density at radius 3 is 2.36 bits per heavy atom. The van der Waals surface area contributed by atoms with Crippen molar-refractivity contribution in [3.8, 4) is 0 Å². The molecule has 36 heavy (non-hydrogen) atoms. The van der Waals surface area contributed by atoms with Gasteiger partial charge in [0, 0.05) is 54.7 Å². The number of fused-ring (bicyclic) bond motifs is 2. The third-order valence-electron chi connectivity index (χ3n) is 6.96. The number of carbonyl (C=O) groups is 3. The zero-order chi connectivity index (χ0) is 26.6. The number of hydrogen-bond donors (Lipinski definition) is 7. The first kappa shape index (κ1) is 27.4.